The van der Waals surface area contributed by atoms with E-state index >= 15 is 0 Å². The zero-order valence-corrected chi connectivity index (χ0v) is 16.2. The molecule has 1 unspecified atom stereocenters. The fourth-order valence-corrected chi connectivity index (χ4v) is 4.95. The van der Waals surface area contributed by atoms with E-state index in [1.54, 1.807) is 13.0 Å². The van der Waals surface area contributed by atoms with Crippen LogP contribution in [0.3, 0.4) is 0 Å². The van der Waals surface area contributed by atoms with Crippen LogP contribution < -0.4 is 10.2 Å². The van der Waals surface area contributed by atoms with Crippen molar-refractivity contribution in [2.45, 2.75) is 51.0 Å². The van der Waals surface area contributed by atoms with Gasteiger partial charge in [-0.1, -0.05) is 13.8 Å². The lowest BCUT2D eigenvalue weighted by molar-refractivity contribution is -0.124. The van der Waals surface area contributed by atoms with Gasteiger partial charge >= 0.3 is 0 Å². The van der Waals surface area contributed by atoms with Gasteiger partial charge in [0, 0.05) is 19.5 Å². The third-order valence-electron chi connectivity index (χ3n) is 4.81. The predicted molar refractivity (Wildman–Crippen MR) is 99.5 cm³/mol. The molecule has 26 heavy (non-hydrogen) atoms. The molecule has 0 aliphatic carbocycles. The molecule has 1 atom stereocenters. The van der Waals surface area contributed by atoms with Gasteiger partial charge < -0.3 is 5.32 Å². The topological polar surface area (TPSA) is 86.8 Å². The second kappa shape index (κ2) is 7.00. The average Bonchev–Trinajstić information content (AvgIpc) is 3.10. The quantitative estimate of drug-likeness (QED) is 0.869. The molecule has 1 saturated heterocycles. The van der Waals surface area contributed by atoms with Gasteiger partial charge in [0.05, 0.1) is 16.3 Å². The smallest absolute Gasteiger partial charge is 0.247 e. The molecule has 0 radical (unpaired) electrons. The van der Waals surface area contributed by atoms with Crippen LogP contribution in [0.5, 0.6) is 0 Å². The number of amides is 2. The fraction of sp³-hybridized carbons (Fsp3) is 0.556. The minimum atomic E-state index is -3.59. The molecule has 2 aliphatic rings. The van der Waals surface area contributed by atoms with E-state index in [1.807, 2.05) is 13.8 Å². The van der Waals surface area contributed by atoms with E-state index in [9.17, 15) is 18.0 Å². The first-order valence-corrected chi connectivity index (χ1v) is 10.4. The number of anilines is 2. The number of hydrogen-bond donors (Lipinski definition) is 1. The third-order valence-corrected chi connectivity index (χ3v) is 6.70. The highest BCUT2D eigenvalue weighted by Gasteiger charge is 2.36. The van der Waals surface area contributed by atoms with Crippen LogP contribution >= 0.6 is 0 Å². The Bertz CT molecular complexity index is 829. The summed E-state index contributed by atoms with van der Waals surface area (Å²) in [6.07, 6.45) is 2.01. The van der Waals surface area contributed by atoms with E-state index in [2.05, 4.69) is 5.32 Å². The first-order valence-electron chi connectivity index (χ1n) is 8.99. The lowest BCUT2D eigenvalue weighted by Crippen LogP contribution is -2.49. The number of nitrogens with zero attached hydrogens (tertiary/aromatic N) is 2. The minimum absolute atomic E-state index is 0.139. The van der Waals surface area contributed by atoms with Crippen LogP contribution in [-0.4, -0.2) is 43.7 Å². The first kappa shape index (κ1) is 18.8. The lowest BCUT2D eigenvalue weighted by atomic mass is 10.1. The Hall–Kier alpha value is -1.93. The molecular weight excluding hydrogens is 354 g/mol. The molecule has 0 saturated carbocycles. The Labute approximate surface area is 154 Å². The Kier molecular flexibility index (Phi) is 5.07. The zero-order chi connectivity index (χ0) is 19.1. The van der Waals surface area contributed by atoms with Crippen molar-refractivity contribution >= 4 is 33.2 Å². The SMILES string of the molecule is CC(C)CC(=O)N1c2cc(S(=O)(=O)N3CCCC3)ccc2NC(=O)C1C. The summed E-state index contributed by atoms with van der Waals surface area (Å²) < 4.78 is 27.2. The molecular formula is C18H25N3O4S. The second-order valence-corrected chi connectivity index (χ2v) is 9.26. The third kappa shape index (κ3) is 3.35. The summed E-state index contributed by atoms with van der Waals surface area (Å²) in [5.74, 6) is -0.316. The highest BCUT2D eigenvalue weighted by Crippen LogP contribution is 2.36. The standard InChI is InChI=1S/C18H25N3O4S/c1-12(2)10-17(22)21-13(3)18(23)19-15-7-6-14(11-16(15)21)26(24,25)20-8-4-5-9-20/h6-7,11-13H,4-5,8-10H2,1-3H3,(H,19,23). The largest absolute Gasteiger partial charge is 0.322 e. The average molecular weight is 379 g/mol. The van der Waals surface area contributed by atoms with Gasteiger partial charge in [-0.25, -0.2) is 8.42 Å². The van der Waals surface area contributed by atoms with Crippen molar-refractivity contribution < 1.29 is 18.0 Å². The molecule has 3 rings (SSSR count). The van der Waals surface area contributed by atoms with Crippen molar-refractivity contribution in [1.82, 2.24) is 4.31 Å². The molecule has 2 aliphatic heterocycles. The Balaban J connectivity index is 2.04. The molecule has 0 aromatic heterocycles. The van der Waals surface area contributed by atoms with Crippen LogP contribution in [0.4, 0.5) is 11.4 Å². The van der Waals surface area contributed by atoms with Crippen LogP contribution in [0.25, 0.3) is 0 Å². The zero-order valence-electron chi connectivity index (χ0n) is 15.4. The predicted octanol–water partition coefficient (Wildman–Crippen LogP) is 2.19. The van der Waals surface area contributed by atoms with Crippen LogP contribution in [0.2, 0.25) is 0 Å². The van der Waals surface area contributed by atoms with Gasteiger partial charge in [0.15, 0.2) is 0 Å². The molecule has 0 spiro atoms. The number of rotatable bonds is 4. The van der Waals surface area contributed by atoms with Crippen molar-refractivity contribution in [2.24, 2.45) is 5.92 Å². The van der Waals surface area contributed by atoms with E-state index in [-0.39, 0.29) is 22.6 Å². The van der Waals surface area contributed by atoms with E-state index in [4.69, 9.17) is 0 Å². The maximum Gasteiger partial charge on any atom is 0.247 e. The van der Waals surface area contributed by atoms with Crippen molar-refractivity contribution in [2.75, 3.05) is 23.3 Å². The van der Waals surface area contributed by atoms with Gasteiger partial charge in [0.1, 0.15) is 6.04 Å². The number of carbonyl (C=O) groups excluding carboxylic acids is 2. The van der Waals surface area contributed by atoms with E-state index in [0.717, 1.165) is 12.8 Å². The van der Waals surface area contributed by atoms with Crippen molar-refractivity contribution in [3.8, 4) is 0 Å². The molecule has 1 aromatic rings. The molecule has 2 amide bonds. The van der Waals surface area contributed by atoms with E-state index < -0.39 is 16.1 Å². The van der Waals surface area contributed by atoms with Crippen molar-refractivity contribution in [3.63, 3.8) is 0 Å². The van der Waals surface area contributed by atoms with Crippen molar-refractivity contribution in [1.29, 1.82) is 0 Å². The minimum Gasteiger partial charge on any atom is -0.322 e. The van der Waals surface area contributed by atoms with Crippen LogP contribution in [0.15, 0.2) is 23.1 Å². The summed E-state index contributed by atoms with van der Waals surface area (Å²) in [6.45, 7) is 6.55. The normalized spacial score (nSPS) is 21.0. The molecule has 2 heterocycles. The van der Waals surface area contributed by atoms with Crippen LogP contribution in [0, 0.1) is 5.92 Å². The lowest BCUT2D eigenvalue weighted by Gasteiger charge is -2.35. The van der Waals surface area contributed by atoms with Gasteiger partial charge in [0.2, 0.25) is 21.8 Å². The second-order valence-electron chi connectivity index (χ2n) is 7.32. The highest BCUT2D eigenvalue weighted by molar-refractivity contribution is 7.89. The number of sulfonamides is 1. The summed E-state index contributed by atoms with van der Waals surface area (Å²) >= 11 is 0. The maximum absolute atomic E-state index is 12.9. The Morgan fingerprint density at radius 1 is 1.27 bits per heavy atom. The molecule has 142 valence electrons. The number of carbonyl (C=O) groups is 2. The van der Waals surface area contributed by atoms with Gasteiger partial charge in [-0.05, 0) is 43.9 Å². The highest BCUT2D eigenvalue weighted by atomic mass is 32.2. The van der Waals surface area contributed by atoms with Crippen LogP contribution in [-0.2, 0) is 19.6 Å². The van der Waals surface area contributed by atoms with Gasteiger partial charge in [0.25, 0.3) is 0 Å². The fourth-order valence-electron chi connectivity index (χ4n) is 3.42. The van der Waals surface area contributed by atoms with E-state index in [0.29, 0.717) is 30.9 Å². The monoisotopic (exact) mass is 379 g/mol. The summed E-state index contributed by atoms with van der Waals surface area (Å²) in [5, 5.41) is 2.75. The van der Waals surface area contributed by atoms with Gasteiger partial charge in [-0.3, -0.25) is 14.5 Å². The van der Waals surface area contributed by atoms with Crippen molar-refractivity contribution in [3.05, 3.63) is 18.2 Å². The Morgan fingerprint density at radius 2 is 1.92 bits per heavy atom. The molecule has 1 N–H and O–H groups in total. The molecule has 0 bridgehead atoms. The van der Waals surface area contributed by atoms with Crippen LogP contribution in [0.1, 0.15) is 40.0 Å². The molecule has 8 heteroatoms. The molecule has 1 fully saturated rings. The maximum atomic E-state index is 12.9. The Morgan fingerprint density at radius 3 is 2.54 bits per heavy atom. The molecule has 1 aromatic carbocycles. The van der Waals surface area contributed by atoms with E-state index in [1.165, 1.54) is 21.3 Å². The number of fused-ring (bicyclic) bond motifs is 1. The number of benzene rings is 1. The van der Waals surface area contributed by atoms with Gasteiger partial charge in [-0.15, -0.1) is 0 Å². The summed E-state index contributed by atoms with van der Waals surface area (Å²) in [6, 6.07) is 3.89. The number of nitrogens with one attached hydrogen (secondary N) is 1. The summed E-state index contributed by atoms with van der Waals surface area (Å²) in [4.78, 5) is 26.5. The first-order chi connectivity index (χ1) is 12.2. The summed E-state index contributed by atoms with van der Waals surface area (Å²) in [7, 11) is -3.59. The number of hydrogen-bond acceptors (Lipinski definition) is 4. The molecule has 7 nitrogen and oxygen atoms in total. The van der Waals surface area contributed by atoms with Gasteiger partial charge in [-0.2, -0.15) is 4.31 Å². The summed E-state index contributed by atoms with van der Waals surface area (Å²) in [5.41, 5.74) is 0.911.